The van der Waals surface area contributed by atoms with Crippen molar-refractivity contribution in [3.05, 3.63) is 29.8 Å². The summed E-state index contributed by atoms with van der Waals surface area (Å²) in [5.74, 6) is -2.36. The Morgan fingerprint density at radius 2 is 1.89 bits per heavy atom. The van der Waals surface area contributed by atoms with Crippen molar-refractivity contribution < 1.29 is 30.1 Å². The van der Waals surface area contributed by atoms with Gasteiger partial charge in [0, 0.05) is 11.3 Å². The van der Waals surface area contributed by atoms with E-state index in [1.54, 1.807) is 0 Å². The normalized spacial score (nSPS) is 14.0. The fourth-order valence-electron chi connectivity index (χ4n) is 1.39. The number of aliphatic hydroxyl groups excluding tert-OH is 2. The molecule has 8 nitrogen and oxygen atoms in total. The van der Waals surface area contributed by atoms with Crippen molar-refractivity contribution in [3.63, 3.8) is 0 Å². The summed E-state index contributed by atoms with van der Waals surface area (Å²) in [7, 11) is 0. The number of carbonyl (C=O) groups is 2. The molecule has 102 valence electrons. The third-order valence-electron chi connectivity index (χ3n) is 2.26. The molecule has 8 heteroatoms. The number of hydrogen-bond donors (Lipinski definition) is 5. The molecule has 1 rings (SSSR count). The van der Waals surface area contributed by atoms with Crippen molar-refractivity contribution in [2.75, 3.05) is 5.32 Å². The van der Waals surface area contributed by atoms with Gasteiger partial charge in [0.05, 0.1) is 0 Å². The first kappa shape index (κ1) is 14.6. The second-order valence-electron chi connectivity index (χ2n) is 3.55. The van der Waals surface area contributed by atoms with Crippen LogP contribution in [0.25, 0.3) is 0 Å². The number of aliphatic hydroxyl groups is 2. The summed E-state index contributed by atoms with van der Waals surface area (Å²) >= 11 is 0. The number of nitrogens with zero attached hydrogens (tertiary/aromatic N) is 1. The van der Waals surface area contributed by atoms with Gasteiger partial charge in [-0.1, -0.05) is 23.4 Å². The van der Waals surface area contributed by atoms with Crippen LogP contribution in [0, 0.1) is 0 Å². The largest absolute Gasteiger partial charge is 0.479 e. The maximum absolute atomic E-state index is 11.2. The van der Waals surface area contributed by atoms with Crippen molar-refractivity contribution in [1.82, 2.24) is 0 Å². The number of carbonyl (C=O) groups excluding carboxylic acids is 1. The summed E-state index contributed by atoms with van der Waals surface area (Å²) in [5, 5.41) is 40.6. The fraction of sp³-hybridized carbons (Fsp3) is 0.182. The van der Waals surface area contributed by atoms with E-state index in [4.69, 9.17) is 10.3 Å². The molecule has 19 heavy (non-hydrogen) atoms. The van der Waals surface area contributed by atoms with Gasteiger partial charge in [-0.15, -0.1) is 0 Å². The number of nitrogens with one attached hydrogen (secondary N) is 1. The number of hydrogen-bond acceptors (Lipinski definition) is 6. The summed E-state index contributed by atoms with van der Waals surface area (Å²) < 4.78 is 0. The zero-order valence-electron chi connectivity index (χ0n) is 9.59. The summed E-state index contributed by atoms with van der Waals surface area (Å²) in [6, 6.07) is 5.79. The van der Waals surface area contributed by atoms with Gasteiger partial charge in [-0.3, -0.25) is 4.79 Å². The van der Waals surface area contributed by atoms with Gasteiger partial charge in [0.25, 0.3) is 5.91 Å². The van der Waals surface area contributed by atoms with E-state index in [0.29, 0.717) is 6.21 Å². The van der Waals surface area contributed by atoms with Crippen LogP contribution in [0.3, 0.4) is 0 Å². The van der Waals surface area contributed by atoms with E-state index in [2.05, 4.69) is 10.5 Å². The molecule has 0 aliphatic rings. The Bertz CT molecular complexity index is 502. The van der Waals surface area contributed by atoms with Crippen LogP contribution in [0.2, 0.25) is 0 Å². The van der Waals surface area contributed by atoms with Gasteiger partial charge in [-0.2, -0.15) is 0 Å². The number of amides is 1. The third kappa shape index (κ3) is 3.76. The second kappa shape index (κ2) is 6.47. The molecule has 0 heterocycles. The van der Waals surface area contributed by atoms with Crippen LogP contribution in [-0.4, -0.2) is 44.7 Å². The molecular weight excluding hydrogens is 256 g/mol. The van der Waals surface area contributed by atoms with Gasteiger partial charge in [0.15, 0.2) is 6.10 Å². The number of benzene rings is 1. The van der Waals surface area contributed by atoms with Gasteiger partial charge in [-0.05, 0) is 6.07 Å². The number of para-hydroxylation sites is 1. The minimum Gasteiger partial charge on any atom is -0.479 e. The Balaban J connectivity index is 3.01. The van der Waals surface area contributed by atoms with Crippen molar-refractivity contribution in [2.45, 2.75) is 12.2 Å². The molecular formula is C11H12N2O6. The van der Waals surface area contributed by atoms with Gasteiger partial charge in [-0.25, -0.2) is 4.79 Å². The van der Waals surface area contributed by atoms with E-state index in [1.165, 1.54) is 24.3 Å². The predicted molar refractivity (Wildman–Crippen MR) is 64.0 cm³/mol. The number of carboxylic acids is 1. The topological polar surface area (TPSA) is 139 Å². The van der Waals surface area contributed by atoms with E-state index in [0.717, 1.165) is 0 Å². The second-order valence-corrected chi connectivity index (χ2v) is 3.55. The molecule has 5 N–H and O–H groups in total. The Labute approximate surface area is 107 Å². The first-order valence-electron chi connectivity index (χ1n) is 5.13. The standard InChI is InChI=1S/C11H12N2O6/c14-8(5-12-19)13-7-4-2-1-3-6(7)9(15)10(16)11(17)18/h1-5,9-10,15-16,19H,(H,13,14)(H,17,18). The van der Waals surface area contributed by atoms with Crippen molar-refractivity contribution >= 4 is 23.8 Å². The minimum absolute atomic E-state index is 0.0251. The van der Waals surface area contributed by atoms with Crippen LogP contribution in [0.4, 0.5) is 5.69 Å². The van der Waals surface area contributed by atoms with Gasteiger partial charge >= 0.3 is 5.97 Å². The molecule has 0 aliphatic heterocycles. The first-order chi connectivity index (χ1) is 8.97. The Hall–Kier alpha value is -2.45. The quantitative estimate of drug-likeness (QED) is 0.279. The van der Waals surface area contributed by atoms with Crippen LogP contribution in [-0.2, 0) is 9.59 Å². The summed E-state index contributed by atoms with van der Waals surface area (Å²) in [6.07, 6.45) is -3.14. The van der Waals surface area contributed by atoms with E-state index in [-0.39, 0.29) is 11.3 Å². The molecule has 0 saturated carbocycles. The van der Waals surface area contributed by atoms with Crippen molar-refractivity contribution in [3.8, 4) is 0 Å². The van der Waals surface area contributed by atoms with Crippen LogP contribution in [0.5, 0.6) is 0 Å². The van der Waals surface area contributed by atoms with Crippen LogP contribution in [0.15, 0.2) is 29.4 Å². The lowest BCUT2D eigenvalue weighted by Gasteiger charge is -2.17. The molecule has 0 aliphatic carbocycles. The van der Waals surface area contributed by atoms with E-state index >= 15 is 0 Å². The first-order valence-corrected chi connectivity index (χ1v) is 5.13. The molecule has 0 spiro atoms. The number of aliphatic carboxylic acids is 1. The van der Waals surface area contributed by atoms with E-state index in [9.17, 15) is 19.8 Å². The highest BCUT2D eigenvalue weighted by Crippen LogP contribution is 2.25. The SMILES string of the molecule is O=C(C=NO)Nc1ccccc1C(O)C(O)C(=O)O. The smallest absolute Gasteiger partial charge is 0.335 e. The Morgan fingerprint density at radius 3 is 2.47 bits per heavy atom. The lowest BCUT2D eigenvalue weighted by molar-refractivity contribution is -0.153. The van der Waals surface area contributed by atoms with Gasteiger partial charge in [0.1, 0.15) is 12.3 Å². The zero-order valence-corrected chi connectivity index (χ0v) is 9.59. The van der Waals surface area contributed by atoms with Crippen LogP contribution in [0.1, 0.15) is 11.7 Å². The Morgan fingerprint density at radius 1 is 1.26 bits per heavy atom. The number of carboxylic acid groups (broad SMARTS) is 1. The highest BCUT2D eigenvalue weighted by molar-refractivity contribution is 6.31. The van der Waals surface area contributed by atoms with Crippen LogP contribution < -0.4 is 5.32 Å². The average molecular weight is 268 g/mol. The third-order valence-corrected chi connectivity index (χ3v) is 2.26. The molecule has 0 radical (unpaired) electrons. The molecule has 0 bridgehead atoms. The van der Waals surface area contributed by atoms with Crippen molar-refractivity contribution in [1.29, 1.82) is 0 Å². The van der Waals surface area contributed by atoms with Crippen LogP contribution >= 0.6 is 0 Å². The maximum atomic E-state index is 11.2. The molecule has 0 aromatic heterocycles. The molecule has 1 aromatic rings. The molecule has 2 atom stereocenters. The fourth-order valence-corrected chi connectivity index (χ4v) is 1.39. The molecule has 0 fully saturated rings. The maximum Gasteiger partial charge on any atom is 0.335 e. The van der Waals surface area contributed by atoms with E-state index in [1.807, 2.05) is 0 Å². The lowest BCUT2D eigenvalue weighted by atomic mass is 10.0. The summed E-state index contributed by atoms with van der Waals surface area (Å²) in [6.45, 7) is 0. The Kier molecular flexibility index (Phi) is 4.98. The number of rotatable bonds is 5. The summed E-state index contributed by atoms with van der Waals surface area (Å²) in [4.78, 5) is 21.8. The van der Waals surface area contributed by atoms with Gasteiger partial charge < -0.3 is 25.8 Å². The zero-order chi connectivity index (χ0) is 14.4. The average Bonchev–Trinajstić information content (AvgIpc) is 2.37. The predicted octanol–water partition coefficient (Wildman–Crippen LogP) is -0.436. The summed E-state index contributed by atoms with van der Waals surface area (Å²) in [5.41, 5.74) is 0.122. The molecule has 2 unspecified atom stereocenters. The number of anilines is 1. The lowest BCUT2D eigenvalue weighted by Crippen LogP contribution is -2.28. The highest BCUT2D eigenvalue weighted by Gasteiger charge is 2.27. The molecule has 1 amide bonds. The minimum atomic E-state index is -2.02. The molecule has 0 saturated heterocycles. The molecule has 1 aromatic carbocycles. The van der Waals surface area contributed by atoms with E-state index < -0.39 is 24.1 Å². The highest BCUT2D eigenvalue weighted by atomic mass is 16.4. The van der Waals surface area contributed by atoms with Crippen molar-refractivity contribution in [2.24, 2.45) is 5.16 Å². The number of oxime groups is 1. The van der Waals surface area contributed by atoms with Gasteiger partial charge in [0.2, 0.25) is 0 Å². The monoisotopic (exact) mass is 268 g/mol.